The first-order chi connectivity index (χ1) is 8.88. The molecule has 0 aliphatic heterocycles. The highest BCUT2D eigenvalue weighted by molar-refractivity contribution is 5.34. The van der Waals surface area contributed by atoms with Crippen LogP contribution in [0.3, 0.4) is 0 Å². The van der Waals surface area contributed by atoms with Crippen LogP contribution in [0.5, 0.6) is 0 Å². The van der Waals surface area contributed by atoms with Crippen LogP contribution in [0.25, 0.3) is 0 Å². The van der Waals surface area contributed by atoms with Crippen LogP contribution in [0.4, 0.5) is 4.39 Å². The Hall–Kier alpha value is -1.67. The van der Waals surface area contributed by atoms with Gasteiger partial charge < -0.3 is 5.11 Å². The Morgan fingerprint density at radius 2 is 1.58 bits per heavy atom. The minimum absolute atomic E-state index is 0.0857. The second-order valence-electron chi connectivity index (χ2n) is 5.83. The maximum atomic E-state index is 13.2. The van der Waals surface area contributed by atoms with E-state index in [-0.39, 0.29) is 11.2 Å². The van der Waals surface area contributed by atoms with E-state index in [2.05, 4.69) is 20.8 Å². The van der Waals surface area contributed by atoms with Crippen molar-refractivity contribution in [3.05, 3.63) is 71.0 Å². The van der Waals surface area contributed by atoms with Crippen molar-refractivity contribution in [1.82, 2.24) is 0 Å². The van der Waals surface area contributed by atoms with E-state index in [0.717, 1.165) is 5.56 Å². The van der Waals surface area contributed by atoms with Gasteiger partial charge in [0.1, 0.15) is 11.9 Å². The first-order valence-corrected chi connectivity index (χ1v) is 6.42. The summed E-state index contributed by atoms with van der Waals surface area (Å²) in [5, 5.41) is 10.2. The molecule has 2 aromatic carbocycles. The fourth-order valence-corrected chi connectivity index (χ4v) is 2.03. The van der Waals surface area contributed by atoms with Gasteiger partial charge in [-0.05, 0) is 34.2 Å². The Labute approximate surface area is 113 Å². The lowest BCUT2D eigenvalue weighted by atomic mass is 9.86. The van der Waals surface area contributed by atoms with Gasteiger partial charge in [-0.1, -0.05) is 57.2 Å². The Bertz CT molecular complexity index is 552. The summed E-state index contributed by atoms with van der Waals surface area (Å²) in [7, 11) is 0. The molecule has 0 radical (unpaired) electrons. The average Bonchev–Trinajstić information content (AvgIpc) is 2.37. The van der Waals surface area contributed by atoms with Crippen molar-refractivity contribution in [1.29, 1.82) is 0 Å². The van der Waals surface area contributed by atoms with E-state index in [9.17, 15) is 9.50 Å². The highest BCUT2D eigenvalue weighted by Gasteiger charge is 2.15. The monoisotopic (exact) mass is 258 g/mol. The van der Waals surface area contributed by atoms with E-state index in [1.165, 1.54) is 17.7 Å². The molecule has 0 heterocycles. The van der Waals surface area contributed by atoms with Crippen LogP contribution in [0.15, 0.2) is 48.5 Å². The molecule has 0 spiro atoms. The quantitative estimate of drug-likeness (QED) is 0.855. The lowest BCUT2D eigenvalue weighted by Crippen LogP contribution is -2.11. The second kappa shape index (κ2) is 5.14. The maximum absolute atomic E-state index is 13.2. The number of hydrogen-bond donors (Lipinski definition) is 1. The molecule has 0 saturated heterocycles. The fourth-order valence-electron chi connectivity index (χ4n) is 2.03. The highest BCUT2D eigenvalue weighted by Crippen LogP contribution is 2.26. The Morgan fingerprint density at radius 1 is 0.947 bits per heavy atom. The summed E-state index contributed by atoms with van der Waals surface area (Å²) in [5.74, 6) is -0.331. The summed E-state index contributed by atoms with van der Waals surface area (Å²) in [4.78, 5) is 0. The summed E-state index contributed by atoms with van der Waals surface area (Å²) >= 11 is 0. The number of rotatable bonds is 2. The third kappa shape index (κ3) is 3.21. The SMILES string of the molecule is CC(C)(C)c1ccc(C(O)c2cccc(F)c2)cc1. The highest BCUT2D eigenvalue weighted by atomic mass is 19.1. The molecule has 0 bridgehead atoms. The van der Waals surface area contributed by atoms with Gasteiger partial charge in [-0.15, -0.1) is 0 Å². The molecule has 2 aromatic rings. The number of aliphatic hydroxyl groups excluding tert-OH is 1. The average molecular weight is 258 g/mol. The van der Waals surface area contributed by atoms with Crippen molar-refractivity contribution in [3.8, 4) is 0 Å². The molecule has 100 valence electrons. The Balaban J connectivity index is 2.27. The zero-order valence-corrected chi connectivity index (χ0v) is 11.5. The summed E-state index contributed by atoms with van der Waals surface area (Å²) in [5.41, 5.74) is 2.65. The maximum Gasteiger partial charge on any atom is 0.123 e. The first kappa shape index (κ1) is 13.8. The summed E-state index contributed by atoms with van der Waals surface area (Å²) in [6.07, 6.45) is -0.787. The molecule has 1 unspecified atom stereocenters. The predicted molar refractivity (Wildman–Crippen MR) is 75.6 cm³/mol. The Kier molecular flexibility index (Phi) is 3.72. The minimum atomic E-state index is -0.787. The normalized spacial score (nSPS) is 13.3. The summed E-state index contributed by atoms with van der Waals surface area (Å²) < 4.78 is 13.2. The topological polar surface area (TPSA) is 20.2 Å². The summed E-state index contributed by atoms with van der Waals surface area (Å²) in [6.45, 7) is 6.43. The third-order valence-corrected chi connectivity index (χ3v) is 3.26. The van der Waals surface area contributed by atoms with Crippen LogP contribution < -0.4 is 0 Å². The molecule has 0 aliphatic carbocycles. The molecule has 0 fully saturated rings. The molecule has 0 saturated carbocycles. The third-order valence-electron chi connectivity index (χ3n) is 3.26. The molecule has 2 heteroatoms. The van der Waals surface area contributed by atoms with Crippen LogP contribution in [0.2, 0.25) is 0 Å². The van der Waals surface area contributed by atoms with Gasteiger partial charge >= 0.3 is 0 Å². The lowest BCUT2D eigenvalue weighted by Gasteiger charge is -2.20. The van der Waals surface area contributed by atoms with Gasteiger partial charge in [0.15, 0.2) is 0 Å². The van der Waals surface area contributed by atoms with Gasteiger partial charge in [0.25, 0.3) is 0 Å². The number of hydrogen-bond acceptors (Lipinski definition) is 1. The largest absolute Gasteiger partial charge is 0.384 e. The van der Waals surface area contributed by atoms with E-state index >= 15 is 0 Å². The van der Waals surface area contributed by atoms with Gasteiger partial charge in [-0.2, -0.15) is 0 Å². The van der Waals surface area contributed by atoms with Crippen molar-refractivity contribution in [3.63, 3.8) is 0 Å². The van der Waals surface area contributed by atoms with E-state index in [0.29, 0.717) is 5.56 Å². The predicted octanol–water partition coefficient (Wildman–Crippen LogP) is 4.20. The fraction of sp³-hybridized carbons (Fsp3) is 0.294. The number of halogens is 1. The van der Waals surface area contributed by atoms with Crippen molar-refractivity contribution in [2.45, 2.75) is 32.3 Å². The Morgan fingerprint density at radius 3 is 2.11 bits per heavy atom. The molecule has 1 atom stereocenters. The molecule has 1 N–H and O–H groups in total. The van der Waals surface area contributed by atoms with Gasteiger partial charge in [0.05, 0.1) is 0 Å². The van der Waals surface area contributed by atoms with Gasteiger partial charge in [0, 0.05) is 0 Å². The molecule has 0 aliphatic rings. The molecule has 0 aromatic heterocycles. The molecule has 0 amide bonds. The molecule has 19 heavy (non-hydrogen) atoms. The van der Waals surface area contributed by atoms with E-state index in [1.54, 1.807) is 12.1 Å². The number of aliphatic hydroxyl groups is 1. The van der Waals surface area contributed by atoms with Crippen molar-refractivity contribution in [2.24, 2.45) is 0 Å². The minimum Gasteiger partial charge on any atom is -0.384 e. The van der Waals surface area contributed by atoms with Crippen molar-refractivity contribution in [2.75, 3.05) is 0 Å². The van der Waals surface area contributed by atoms with Crippen LogP contribution in [0.1, 0.15) is 43.6 Å². The summed E-state index contributed by atoms with van der Waals surface area (Å²) in [6, 6.07) is 13.9. The van der Waals surface area contributed by atoms with Crippen LogP contribution in [-0.4, -0.2) is 5.11 Å². The van der Waals surface area contributed by atoms with Crippen molar-refractivity contribution >= 4 is 0 Å². The van der Waals surface area contributed by atoms with Crippen LogP contribution >= 0.6 is 0 Å². The van der Waals surface area contributed by atoms with Gasteiger partial charge in [-0.3, -0.25) is 0 Å². The van der Waals surface area contributed by atoms with Gasteiger partial charge in [0.2, 0.25) is 0 Å². The number of benzene rings is 2. The molecule has 2 rings (SSSR count). The first-order valence-electron chi connectivity index (χ1n) is 6.42. The standard InChI is InChI=1S/C17H19FO/c1-17(2,3)14-9-7-12(8-10-14)16(19)13-5-4-6-15(18)11-13/h4-11,16,19H,1-3H3. The van der Waals surface area contributed by atoms with Gasteiger partial charge in [-0.25, -0.2) is 4.39 Å². The van der Waals surface area contributed by atoms with E-state index in [4.69, 9.17) is 0 Å². The molecular formula is C17H19FO. The molecular weight excluding hydrogens is 239 g/mol. The smallest absolute Gasteiger partial charge is 0.123 e. The van der Waals surface area contributed by atoms with Crippen LogP contribution in [-0.2, 0) is 5.41 Å². The second-order valence-corrected chi connectivity index (χ2v) is 5.83. The zero-order valence-electron chi connectivity index (χ0n) is 11.5. The lowest BCUT2D eigenvalue weighted by molar-refractivity contribution is 0.219. The van der Waals surface area contributed by atoms with Crippen molar-refractivity contribution < 1.29 is 9.50 Å². The van der Waals surface area contributed by atoms with Crippen LogP contribution in [0, 0.1) is 5.82 Å². The molecule has 1 nitrogen and oxygen atoms in total. The van der Waals surface area contributed by atoms with E-state index < -0.39 is 6.10 Å². The zero-order chi connectivity index (χ0) is 14.0. The van der Waals surface area contributed by atoms with E-state index in [1.807, 2.05) is 24.3 Å².